The summed E-state index contributed by atoms with van der Waals surface area (Å²) in [6.07, 6.45) is 14.5. The van der Waals surface area contributed by atoms with Crippen molar-refractivity contribution in [1.82, 2.24) is 9.88 Å². The summed E-state index contributed by atoms with van der Waals surface area (Å²) in [5, 5.41) is 0.715. The molecule has 34 heavy (non-hydrogen) atoms. The van der Waals surface area contributed by atoms with Gasteiger partial charge < -0.3 is 10.6 Å². The Kier molecular flexibility index (Phi) is 8.90. The lowest BCUT2D eigenvalue weighted by Crippen LogP contribution is -2.41. The van der Waals surface area contributed by atoms with E-state index in [9.17, 15) is 9.18 Å². The average molecular weight is 484 g/mol. The molecule has 1 heterocycles. The van der Waals surface area contributed by atoms with Crippen LogP contribution in [0.2, 0.25) is 0 Å². The van der Waals surface area contributed by atoms with Crippen LogP contribution in [0.5, 0.6) is 0 Å². The number of nitrogens with two attached hydrogens (primary N) is 1. The van der Waals surface area contributed by atoms with E-state index in [1.165, 1.54) is 61.4 Å². The topological polar surface area (TPSA) is 59.2 Å². The Bertz CT molecular complexity index is 980. The van der Waals surface area contributed by atoms with E-state index in [-0.39, 0.29) is 11.6 Å². The third-order valence-corrected chi connectivity index (χ3v) is 8.50. The molecule has 1 fully saturated rings. The second-order valence-electron chi connectivity index (χ2n) is 10.1. The number of carbonyl (C=O) groups is 1. The van der Waals surface area contributed by atoms with Gasteiger partial charge in [0.2, 0.25) is 0 Å². The molecule has 1 unspecified atom stereocenters. The Hall–Kier alpha value is -2.05. The summed E-state index contributed by atoms with van der Waals surface area (Å²) in [7, 11) is 0. The van der Waals surface area contributed by atoms with Crippen molar-refractivity contribution in [3.8, 4) is 0 Å². The van der Waals surface area contributed by atoms with E-state index in [1.54, 1.807) is 29.6 Å². The van der Waals surface area contributed by atoms with Crippen LogP contribution in [-0.4, -0.2) is 34.8 Å². The van der Waals surface area contributed by atoms with E-state index < -0.39 is 0 Å². The Morgan fingerprint density at radius 1 is 1.21 bits per heavy atom. The molecule has 2 aliphatic carbocycles. The molecule has 0 bridgehead atoms. The van der Waals surface area contributed by atoms with Crippen molar-refractivity contribution in [3.63, 3.8) is 0 Å². The molecule has 2 aliphatic rings. The molecular formula is C28H38FN3OS. The van der Waals surface area contributed by atoms with Gasteiger partial charge in [-0.3, -0.25) is 4.79 Å². The van der Waals surface area contributed by atoms with Gasteiger partial charge in [-0.25, -0.2) is 9.37 Å². The van der Waals surface area contributed by atoms with Gasteiger partial charge in [0.05, 0.1) is 5.69 Å². The normalized spacial score (nSPS) is 22.9. The quantitative estimate of drug-likeness (QED) is 0.403. The number of benzene rings is 1. The van der Waals surface area contributed by atoms with Gasteiger partial charge in [0.25, 0.3) is 0 Å². The lowest BCUT2D eigenvalue weighted by Gasteiger charge is -2.36. The van der Waals surface area contributed by atoms with Crippen LogP contribution in [0.25, 0.3) is 6.08 Å². The molecule has 0 spiro atoms. The minimum absolute atomic E-state index is 0.155. The summed E-state index contributed by atoms with van der Waals surface area (Å²) >= 11 is 1.67. The molecular weight excluding hydrogens is 445 g/mol. The number of ketones is 1. The van der Waals surface area contributed by atoms with Crippen molar-refractivity contribution in [2.75, 3.05) is 18.8 Å². The van der Waals surface area contributed by atoms with E-state index >= 15 is 0 Å². The van der Waals surface area contributed by atoms with Gasteiger partial charge in [-0.05, 0) is 93.6 Å². The van der Waals surface area contributed by atoms with Gasteiger partial charge >= 0.3 is 0 Å². The van der Waals surface area contributed by atoms with Crippen molar-refractivity contribution < 1.29 is 9.18 Å². The smallest absolute Gasteiger partial charge is 0.180 e. The molecule has 1 aromatic carbocycles. The van der Waals surface area contributed by atoms with Crippen LogP contribution < -0.4 is 5.73 Å². The Morgan fingerprint density at radius 3 is 2.76 bits per heavy atom. The highest BCUT2D eigenvalue weighted by Crippen LogP contribution is 2.34. The number of nitrogens with zero attached hydrogens (tertiary/aromatic N) is 2. The lowest BCUT2D eigenvalue weighted by atomic mass is 9.78. The Balaban J connectivity index is 1.20. The minimum atomic E-state index is -0.271. The van der Waals surface area contributed by atoms with E-state index in [0.29, 0.717) is 23.5 Å². The summed E-state index contributed by atoms with van der Waals surface area (Å²) < 4.78 is 13.3. The minimum Gasteiger partial charge on any atom is -0.375 e. The maximum atomic E-state index is 13.3. The first kappa shape index (κ1) is 25.1. The zero-order valence-corrected chi connectivity index (χ0v) is 21.2. The average Bonchev–Trinajstić information content (AvgIpc) is 3.20. The Morgan fingerprint density at radius 2 is 2.00 bits per heavy atom. The fourth-order valence-corrected chi connectivity index (χ4v) is 6.63. The number of aromatic nitrogens is 1. The van der Waals surface area contributed by atoms with Crippen LogP contribution in [-0.2, 0) is 17.6 Å². The summed E-state index contributed by atoms with van der Waals surface area (Å²) in [4.78, 5) is 21.0. The van der Waals surface area contributed by atoms with Gasteiger partial charge in [-0.15, -0.1) is 11.3 Å². The highest BCUT2D eigenvalue weighted by molar-refractivity contribution is 7.15. The second-order valence-corrected chi connectivity index (χ2v) is 11.2. The summed E-state index contributed by atoms with van der Waals surface area (Å²) in [6, 6.07) is 6.98. The number of nitrogen functional groups attached to an aromatic ring is 1. The van der Waals surface area contributed by atoms with Crippen LogP contribution in [0.4, 0.5) is 9.52 Å². The van der Waals surface area contributed by atoms with Crippen molar-refractivity contribution in [1.29, 1.82) is 0 Å². The number of hydrogen-bond donors (Lipinski definition) is 1. The third-order valence-electron chi connectivity index (χ3n) is 7.55. The molecule has 0 aliphatic heterocycles. The lowest BCUT2D eigenvalue weighted by molar-refractivity contribution is -0.115. The fraction of sp³-hybridized carbons (Fsp3) is 0.571. The zero-order valence-electron chi connectivity index (χ0n) is 20.3. The summed E-state index contributed by atoms with van der Waals surface area (Å²) in [5.74, 6) is 1.14. The number of thiazole rings is 1. The fourth-order valence-electron chi connectivity index (χ4n) is 5.68. The van der Waals surface area contributed by atoms with E-state index in [2.05, 4.69) is 16.8 Å². The van der Waals surface area contributed by atoms with Gasteiger partial charge in [0.1, 0.15) is 5.82 Å². The molecule has 2 N–H and O–H groups in total. The van der Waals surface area contributed by atoms with Crippen molar-refractivity contribution in [2.24, 2.45) is 11.8 Å². The maximum absolute atomic E-state index is 13.3. The first-order valence-corrected chi connectivity index (χ1v) is 13.8. The Labute approximate surface area is 207 Å². The number of carbonyl (C=O) groups excluding carboxylic acids is 1. The number of rotatable bonds is 10. The highest BCUT2D eigenvalue weighted by Gasteiger charge is 2.28. The standard InChI is InChI=1S/C28H38FN3OS/c1-2-15-32(24-11-13-26-27(19-24)34-28(30)31-26)16-14-20-6-8-22(9-7-20)18-25(33)12-10-21-4-3-5-23(29)17-21/h3-5,10,12,17,20,22,24H,2,6-9,11,13-16,18-19H2,1H3,(H2,30,31). The molecule has 4 rings (SSSR count). The SMILES string of the molecule is CCCN(CCC1CCC(CC(=O)C=Cc2cccc(F)c2)CC1)C1CCc2nc(N)sc2C1. The summed E-state index contributed by atoms with van der Waals surface area (Å²) in [6.45, 7) is 4.61. The molecule has 0 amide bonds. The van der Waals surface area contributed by atoms with Gasteiger partial charge in [-0.2, -0.15) is 0 Å². The first-order chi connectivity index (χ1) is 16.5. The molecule has 6 heteroatoms. The molecule has 0 saturated heterocycles. The third kappa shape index (κ3) is 6.98. The molecule has 184 valence electrons. The number of hydrogen-bond acceptors (Lipinski definition) is 5. The zero-order chi connectivity index (χ0) is 23.9. The predicted molar refractivity (Wildman–Crippen MR) is 139 cm³/mol. The molecule has 1 saturated carbocycles. The van der Waals surface area contributed by atoms with E-state index in [1.807, 2.05) is 6.07 Å². The first-order valence-electron chi connectivity index (χ1n) is 12.9. The maximum Gasteiger partial charge on any atom is 0.180 e. The number of anilines is 1. The molecule has 1 aromatic heterocycles. The number of fused-ring (bicyclic) bond motifs is 1. The van der Waals surface area contributed by atoms with E-state index in [0.717, 1.165) is 43.7 Å². The monoisotopic (exact) mass is 483 g/mol. The van der Waals surface area contributed by atoms with Gasteiger partial charge in [0.15, 0.2) is 10.9 Å². The van der Waals surface area contributed by atoms with Gasteiger partial charge in [-0.1, -0.05) is 38.0 Å². The van der Waals surface area contributed by atoms with Crippen LogP contribution >= 0.6 is 11.3 Å². The van der Waals surface area contributed by atoms with Crippen molar-refractivity contribution in [2.45, 2.75) is 77.2 Å². The van der Waals surface area contributed by atoms with Crippen LogP contribution in [0.1, 0.15) is 74.4 Å². The number of allylic oxidation sites excluding steroid dienone is 1. The highest BCUT2D eigenvalue weighted by atomic mass is 32.1. The van der Waals surface area contributed by atoms with Crippen LogP contribution in [0.15, 0.2) is 30.3 Å². The summed E-state index contributed by atoms with van der Waals surface area (Å²) in [5.41, 5.74) is 7.91. The van der Waals surface area contributed by atoms with E-state index in [4.69, 9.17) is 5.73 Å². The van der Waals surface area contributed by atoms with Crippen LogP contribution in [0.3, 0.4) is 0 Å². The van der Waals surface area contributed by atoms with Gasteiger partial charge in [0, 0.05) is 17.3 Å². The van der Waals surface area contributed by atoms with Crippen LogP contribution in [0, 0.1) is 17.7 Å². The molecule has 2 aromatic rings. The molecule has 4 nitrogen and oxygen atoms in total. The van der Waals surface area contributed by atoms with Crippen molar-refractivity contribution in [3.05, 3.63) is 52.3 Å². The van der Waals surface area contributed by atoms with Crippen molar-refractivity contribution >= 4 is 28.3 Å². The largest absolute Gasteiger partial charge is 0.375 e. The second kappa shape index (κ2) is 12.1. The molecule has 0 radical (unpaired) electrons. The number of aryl methyl sites for hydroxylation is 1. The predicted octanol–water partition coefficient (Wildman–Crippen LogP) is 6.30. The molecule has 1 atom stereocenters. The number of halogens is 1.